The molecule has 2 bridgehead atoms. The molecule has 0 N–H and O–H groups in total. The van der Waals surface area contributed by atoms with Gasteiger partial charge in [-0.2, -0.15) is 0 Å². The van der Waals surface area contributed by atoms with Crippen molar-refractivity contribution in [2.45, 2.75) is 77.2 Å². The molecule has 0 spiro atoms. The number of hydrogen-bond donors (Lipinski definition) is 0. The van der Waals surface area contributed by atoms with E-state index in [1.807, 2.05) is 0 Å². The summed E-state index contributed by atoms with van der Waals surface area (Å²) in [6.07, 6.45) is 6.13. The van der Waals surface area contributed by atoms with Crippen LogP contribution in [0.15, 0.2) is 11.5 Å². The van der Waals surface area contributed by atoms with Gasteiger partial charge in [0.25, 0.3) is 0 Å². The van der Waals surface area contributed by atoms with Gasteiger partial charge in [-0.05, 0) is 59.0 Å². The van der Waals surface area contributed by atoms with Gasteiger partial charge in [0.1, 0.15) is 0 Å². The van der Waals surface area contributed by atoms with Crippen LogP contribution in [0.5, 0.6) is 0 Å². The summed E-state index contributed by atoms with van der Waals surface area (Å²) in [4.78, 5) is 2.62. The number of nitrogens with zero attached hydrogens (tertiary/aromatic N) is 1. The van der Waals surface area contributed by atoms with Crippen LogP contribution in [0, 0.1) is 0 Å². The SMILES string of the molecule is CCN1[C@H]2CC[C@@H]1C=C(B1OC(C)(C)C(C)(C)O1)C2. The van der Waals surface area contributed by atoms with Crippen molar-refractivity contribution in [2.75, 3.05) is 6.54 Å². The molecule has 3 nitrogen and oxygen atoms in total. The van der Waals surface area contributed by atoms with Gasteiger partial charge < -0.3 is 9.31 Å². The van der Waals surface area contributed by atoms with Gasteiger partial charge in [0.05, 0.1) is 11.2 Å². The highest BCUT2D eigenvalue weighted by Gasteiger charge is 2.53. The molecule has 0 aliphatic carbocycles. The first-order chi connectivity index (χ1) is 8.84. The van der Waals surface area contributed by atoms with Crippen LogP contribution in [0.3, 0.4) is 0 Å². The Hall–Kier alpha value is -0.315. The van der Waals surface area contributed by atoms with Gasteiger partial charge >= 0.3 is 7.12 Å². The maximum atomic E-state index is 6.19. The van der Waals surface area contributed by atoms with Crippen LogP contribution in [-0.4, -0.2) is 41.8 Å². The van der Waals surface area contributed by atoms with Gasteiger partial charge in [0.2, 0.25) is 0 Å². The smallest absolute Gasteiger partial charge is 0.400 e. The van der Waals surface area contributed by atoms with E-state index in [-0.39, 0.29) is 18.3 Å². The zero-order valence-corrected chi connectivity index (χ0v) is 12.9. The monoisotopic (exact) mass is 263 g/mol. The minimum absolute atomic E-state index is 0.132. The second-order valence-electron chi connectivity index (χ2n) is 7.16. The summed E-state index contributed by atoms with van der Waals surface area (Å²) in [6.45, 7) is 11.9. The number of hydrogen-bond acceptors (Lipinski definition) is 3. The number of rotatable bonds is 2. The van der Waals surface area contributed by atoms with Crippen LogP contribution in [0.4, 0.5) is 0 Å². The summed E-state index contributed by atoms with van der Waals surface area (Å²) < 4.78 is 12.4. The molecule has 3 aliphatic rings. The summed E-state index contributed by atoms with van der Waals surface area (Å²) in [5.41, 5.74) is 0.926. The molecule has 0 radical (unpaired) electrons. The molecule has 3 heterocycles. The molecule has 0 aromatic heterocycles. The topological polar surface area (TPSA) is 21.7 Å². The fourth-order valence-electron chi connectivity index (χ4n) is 3.61. The zero-order valence-electron chi connectivity index (χ0n) is 12.9. The average molecular weight is 263 g/mol. The Kier molecular flexibility index (Phi) is 3.12. The van der Waals surface area contributed by atoms with E-state index < -0.39 is 0 Å². The van der Waals surface area contributed by atoms with Crippen LogP contribution in [0.25, 0.3) is 0 Å². The third-order valence-corrected chi connectivity index (χ3v) is 5.49. The van der Waals surface area contributed by atoms with Crippen molar-refractivity contribution in [2.24, 2.45) is 0 Å². The minimum atomic E-state index is -0.223. The van der Waals surface area contributed by atoms with E-state index in [1.165, 1.54) is 18.3 Å². The second-order valence-corrected chi connectivity index (χ2v) is 7.16. The van der Waals surface area contributed by atoms with Gasteiger partial charge in [-0.15, -0.1) is 0 Å². The van der Waals surface area contributed by atoms with E-state index in [9.17, 15) is 0 Å². The van der Waals surface area contributed by atoms with Crippen molar-refractivity contribution in [1.29, 1.82) is 0 Å². The van der Waals surface area contributed by atoms with E-state index >= 15 is 0 Å². The summed E-state index contributed by atoms with van der Waals surface area (Å²) in [6, 6.07) is 1.31. The Balaban J connectivity index is 1.79. The highest BCUT2D eigenvalue weighted by atomic mass is 16.7. The molecule has 0 aromatic rings. The quantitative estimate of drug-likeness (QED) is 0.715. The van der Waals surface area contributed by atoms with Crippen LogP contribution < -0.4 is 0 Å². The fourth-order valence-corrected chi connectivity index (χ4v) is 3.61. The predicted molar refractivity (Wildman–Crippen MR) is 78.0 cm³/mol. The lowest BCUT2D eigenvalue weighted by Gasteiger charge is -2.33. The summed E-state index contributed by atoms with van der Waals surface area (Å²) in [7, 11) is -0.132. The van der Waals surface area contributed by atoms with Crippen molar-refractivity contribution in [3.8, 4) is 0 Å². The van der Waals surface area contributed by atoms with Crippen LogP contribution in [0.1, 0.15) is 53.9 Å². The van der Waals surface area contributed by atoms with Crippen molar-refractivity contribution in [3.05, 3.63) is 11.5 Å². The largest absolute Gasteiger partial charge is 0.490 e. The molecule has 0 amide bonds. The Labute approximate surface area is 117 Å². The molecule has 0 unspecified atom stereocenters. The predicted octanol–water partition coefficient (Wildman–Crippen LogP) is 2.80. The summed E-state index contributed by atoms with van der Waals surface area (Å²) >= 11 is 0. The number of fused-ring (bicyclic) bond motifs is 2. The van der Waals surface area contributed by atoms with Gasteiger partial charge in [-0.1, -0.05) is 13.0 Å². The molecule has 19 heavy (non-hydrogen) atoms. The third kappa shape index (κ3) is 2.08. The Morgan fingerprint density at radius 3 is 2.37 bits per heavy atom. The molecule has 106 valence electrons. The molecule has 4 heteroatoms. The van der Waals surface area contributed by atoms with Crippen LogP contribution in [-0.2, 0) is 9.31 Å². The van der Waals surface area contributed by atoms with E-state index in [0.29, 0.717) is 12.1 Å². The van der Waals surface area contributed by atoms with Crippen LogP contribution >= 0.6 is 0 Å². The van der Waals surface area contributed by atoms with Crippen LogP contribution in [0.2, 0.25) is 0 Å². The Morgan fingerprint density at radius 2 is 1.84 bits per heavy atom. The second kappa shape index (κ2) is 4.34. The summed E-state index contributed by atoms with van der Waals surface area (Å²) in [5.74, 6) is 0. The zero-order chi connectivity index (χ0) is 13.8. The first kappa shape index (κ1) is 13.7. The standard InChI is InChI=1S/C15H26BNO2/c1-6-17-12-7-8-13(17)10-11(9-12)16-18-14(2,3)15(4,5)19-16/h9,12-13H,6-8,10H2,1-5H3/t12-,13+/m1/s1. The first-order valence-corrected chi connectivity index (χ1v) is 7.66. The summed E-state index contributed by atoms with van der Waals surface area (Å²) in [5, 5.41) is 0. The Morgan fingerprint density at radius 1 is 1.21 bits per heavy atom. The number of likely N-dealkylation sites (N-methyl/N-ethyl adjacent to an activating group) is 1. The normalized spacial score (nSPS) is 36.7. The molecule has 0 aromatic carbocycles. The molecule has 3 aliphatic heterocycles. The lowest BCUT2D eigenvalue weighted by atomic mass is 9.73. The average Bonchev–Trinajstić information content (AvgIpc) is 2.68. The molecule has 2 atom stereocenters. The lowest BCUT2D eigenvalue weighted by Crippen LogP contribution is -2.41. The van der Waals surface area contributed by atoms with Gasteiger partial charge in [-0.25, -0.2) is 0 Å². The van der Waals surface area contributed by atoms with Crippen molar-refractivity contribution < 1.29 is 9.31 Å². The maximum absolute atomic E-state index is 6.19. The Bertz CT molecular complexity index is 389. The molecule has 2 fully saturated rings. The highest BCUT2D eigenvalue weighted by molar-refractivity contribution is 6.54. The van der Waals surface area contributed by atoms with Gasteiger partial charge in [-0.3, -0.25) is 4.90 Å². The molecule has 0 saturated carbocycles. The molecule has 3 rings (SSSR count). The molecular weight excluding hydrogens is 237 g/mol. The maximum Gasteiger partial charge on any atom is 0.490 e. The van der Waals surface area contributed by atoms with Gasteiger partial charge in [0, 0.05) is 12.1 Å². The van der Waals surface area contributed by atoms with Crippen molar-refractivity contribution >= 4 is 7.12 Å². The van der Waals surface area contributed by atoms with E-state index in [0.717, 1.165) is 13.0 Å². The minimum Gasteiger partial charge on any atom is -0.400 e. The molecular formula is C15H26BNO2. The van der Waals surface area contributed by atoms with Crippen molar-refractivity contribution in [1.82, 2.24) is 4.90 Å². The molecule has 2 saturated heterocycles. The fraction of sp³-hybridized carbons (Fsp3) is 0.867. The third-order valence-electron chi connectivity index (χ3n) is 5.49. The van der Waals surface area contributed by atoms with E-state index in [1.54, 1.807) is 0 Å². The van der Waals surface area contributed by atoms with E-state index in [2.05, 4.69) is 45.6 Å². The van der Waals surface area contributed by atoms with Gasteiger partial charge in [0.15, 0.2) is 0 Å². The van der Waals surface area contributed by atoms with E-state index in [4.69, 9.17) is 9.31 Å². The van der Waals surface area contributed by atoms with Crippen molar-refractivity contribution in [3.63, 3.8) is 0 Å². The highest BCUT2D eigenvalue weighted by Crippen LogP contribution is 2.42. The lowest BCUT2D eigenvalue weighted by molar-refractivity contribution is 0.00578. The first-order valence-electron chi connectivity index (χ1n) is 7.66.